The molecule has 1 aliphatic rings. The van der Waals surface area contributed by atoms with Gasteiger partial charge in [-0.25, -0.2) is 9.59 Å². The first-order chi connectivity index (χ1) is 13.1. The van der Waals surface area contributed by atoms with Crippen LogP contribution < -0.4 is 15.8 Å². The Kier molecular flexibility index (Phi) is 4.33. The Balaban J connectivity index is 1.46. The smallest absolute Gasteiger partial charge is 0.338 e. The van der Waals surface area contributed by atoms with Gasteiger partial charge in [0.1, 0.15) is 6.61 Å². The van der Waals surface area contributed by atoms with Crippen LogP contribution in [0.25, 0.3) is 10.9 Å². The van der Waals surface area contributed by atoms with Crippen LogP contribution in [-0.2, 0) is 11.3 Å². The number of rotatable bonds is 4. The molecule has 1 fully saturated rings. The molecule has 0 radical (unpaired) electrons. The van der Waals surface area contributed by atoms with E-state index in [-0.39, 0.29) is 18.2 Å². The lowest BCUT2D eigenvalue weighted by Crippen LogP contribution is -2.27. The number of amides is 2. The summed E-state index contributed by atoms with van der Waals surface area (Å²) in [6.45, 7) is 1.07. The summed E-state index contributed by atoms with van der Waals surface area (Å²) in [5.41, 5.74) is 1.91. The van der Waals surface area contributed by atoms with Gasteiger partial charge in [0.05, 0.1) is 11.1 Å². The lowest BCUT2D eigenvalue weighted by molar-refractivity contribution is 0.0471. The highest BCUT2D eigenvalue weighted by molar-refractivity contribution is 5.95. The molecule has 27 heavy (non-hydrogen) atoms. The minimum Gasteiger partial charge on any atom is -0.457 e. The normalized spacial score (nSPS) is 13.6. The molecule has 0 unspecified atom stereocenters. The molecule has 0 bridgehead atoms. The number of H-pyrrole nitrogens is 1. The van der Waals surface area contributed by atoms with Gasteiger partial charge in [-0.2, -0.15) is 0 Å². The number of urea groups is 1. The third-order valence-electron chi connectivity index (χ3n) is 4.46. The fourth-order valence-electron chi connectivity index (χ4n) is 3.02. The van der Waals surface area contributed by atoms with Crippen LogP contribution in [0.3, 0.4) is 0 Å². The summed E-state index contributed by atoms with van der Waals surface area (Å²) in [5, 5.41) is 3.60. The molecule has 7 heteroatoms. The molecule has 0 atom stereocenters. The van der Waals surface area contributed by atoms with E-state index in [0.29, 0.717) is 29.9 Å². The van der Waals surface area contributed by atoms with Gasteiger partial charge in [-0.05, 0) is 41.8 Å². The largest absolute Gasteiger partial charge is 0.457 e. The SMILES string of the molecule is O=C(OCc1cc2ccccc2[nH]c1=O)c1ccc(N2CCNC2=O)cc1. The number of carbonyl (C=O) groups excluding carboxylic acids is 2. The molecule has 2 amide bonds. The number of hydrogen-bond donors (Lipinski definition) is 2. The third kappa shape index (κ3) is 3.39. The Morgan fingerprint density at radius 2 is 1.85 bits per heavy atom. The van der Waals surface area contributed by atoms with Crippen LogP contribution in [0.1, 0.15) is 15.9 Å². The molecule has 1 saturated heterocycles. The number of aromatic nitrogens is 1. The number of aromatic amines is 1. The number of benzene rings is 2. The summed E-state index contributed by atoms with van der Waals surface area (Å²) in [4.78, 5) is 40.4. The predicted octanol–water partition coefficient (Wildman–Crippen LogP) is 2.41. The second kappa shape index (κ2) is 6.95. The molecule has 0 saturated carbocycles. The number of nitrogens with zero attached hydrogens (tertiary/aromatic N) is 1. The van der Waals surface area contributed by atoms with Crippen molar-refractivity contribution in [3.05, 3.63) is 76.1 Å². The van der Waals surface area contributed by atoms with E-state index < -0.39 is 5.97 Å². The van der Waals surface area contributed by atoms with E-state index in [4.69, 9.17) is 4.74 Å². The molecule has 2 N–H and O–H groups in total. The molecule has 136 valence electrons. The molecule has 1 aromatic heterocycles. The fraction of sp³-hybridized carbons (Fsp3) is 0.150. The van der Waals surface area contributed by atoms with Gasteiger partial charge in [-0.3, -0.25) is 9.69 Å². The van der Waals surface area contributed by atoms with Gasteiger partial charge >= 0.3 is 12.0 Å². The van der Waals surface area contributed by atoms with Crippen molar-refractivity contribution in [3.8, 4) is 0 Å². The zero-order valence-corrected chi connectivity index (χ0v) is 14.4. The average molecular weight is 363 g/mol. The molecule has 0 spiro atoms. The number of carbonyl (C=O) groups is 2. The third-order valence-corrected chi connectivity index (χ3v) is 4.46. The van der Waals surface area contributed by atoms with Crippen LogP contribution in [-0.4, -0.2) is 30.1 Å². The van der Waals surface area contributed by atoms with E-state index in [1.165, 1.54) is 0 Å². The van der Waals surface area contributed by atoms with Crippen molar-refractivity contribution < 1.29 is 14.3 Å². The molecule has 3 aromatic rings. The number of nitrogens with one attached hydrogen (secondary N) is 2. The van der Waals surface area contributed by atoms with Crippen molar-refractivity contribution in [2.75, 3.05) is 18.0 Å². The van der Waals surface area contributed by atoms with E-state index in [1.54, 1.807) is 35.2 Å². The van der Waals surface area contributed by atoms with Crippen molar-refractivity contribution >= 4 is 28.6 Å². The highest BCUT2D eigenvalue weighted by Gasteiger charge is 2.21. The predicted molar refractivity (Wildman–Crippen MR) is 101 cm³/mol. The summed E-state index contributed by atoms with van der Waals surface area (Å²) in [5.74, 6) is -0.528. The summed E-state index contributed by atoms with van der Waals surface area (Å²) >= 11 is 0. The number of ether oxygens (including phenoxy) is 1. The van der Waals surface area contributed by atoms with Crippen molar-refractivity contribution in [2.24, 2.45) is 0 Å². The number of fused-ring (bicyclic) bond motifs is 1. The molecule has 0 aliphatic carbocycles. The van der Waals surface area contributed by atoms with Gasteiger partial charge in [-0.1, -0.05) is 18.2 Å². The van der Waals surface area contributed by atoms with E-state index in [2.05, 4.69) is 10.3 Å². The summed E-state index contributed by atoms with van der Waals surface area (Å²) in [7, 11) is 0. The van der Waals surface area contributed by atoms with Crippen molar-refractivity contribution in [1.82, 2.24) is 10.3 Å². The van der Waals surface area contributed by atoms with Crippen molar-refractivity contribution in [1.29, 1.82) is 0 Å². The molecule has 7 nitrogen and oxygen atoms in total. The van der Waals surface area contributed by atoms with Crippen LogP contribution in [0.4, 0.5) is 10.5 Å². The van der Waals surface area contributed by atoms with E-state index in [1.807, 2.05) is 24.3 Å². The highest BCUT2D eigenvalue weighted by Crippen LogP contribution is 2.18. The van der Waals surface area contributed by atoms with Gasteiger partial charge in [-0.15, -0.1) is 0 Å². The Morgan fingerprint density at radius 3 is 2.59 bits per heavy atom. The zero-order chi connectivity index (χ0) is 18.8. The molecule has 4 rings (SSSR count). The van der Waals surface area contributed by atoms with Crippen molar-refractivity contribution in [2.45, 2.75) is 6.61 Å². The maximum Gasteiger partial charge on any atom is 0.338 e. The number of para-hydroxylation sites is 1. The number of esters is 1. The van der Waals surface area contributed by atoms with Gasteiger partial charge in [0.2, 0.25) is 0 Å². The van der Waals surface area contributed by atoms with Gasteiger partial charge in [0.15, 0.2) is 0 Å². The summed E-state index contributed by atoms with van der Waals surface area (Å²) < 4.78 is 5.28. The van der Waals surface area contributed by atoms with E-state index in [9.17, 15) is 14.4 Å². The minimum absolute atomic E-state index is 0.116. The average Bonchev–Trinajstić information content (AvgIpc) is 3.12. The minimum atomic E-state index is -0.528. The maximum absolute atomic E-state index is 12.3. The topological polar surface area (TPSA) is 91.5 Å². The molecule has 2 aromatic carbocycles. The van der Waals surface area contributed by atoms with Gasteiger partial charge in [0, 0.05) is 24.3 Å². The lowest BCUT2D eigenvalue weighted by Gasteiger charge is -2.14. The first kappa shape index (κ1) is 16.8. The second-order valence-electron chi connectivity index (χ2n) is 6.22. The Bertz CT molecular complexity index is 1070. The Morgan fingerprint density at radius 1 is 1.07 bits per heavy atom. The van der Waals surface area contributed by atoms with Gasteiger partial charge in [0.25, 0.3) is 5.56 Å². The van der Waals surface area contributed by atoms with Gasteiger partial charge < -0.3 is 15.0 Å². The first-order valence-electron chi connectivity index (χ1n) is 8.55. The van der Waals surface area contributed by atoms with Crippen LogP contribution in [0.15, 0.2) is 59.4 Å². The van der Waals surface area contributed by atoms with E-state index in [0.717, 1.165) is 10.9 Å². The van der Waals surface area contributed by atoms with Crippen LogP contribution in [0.5, 0.6) is 0 Å². The summed E-state index contributed by atoms with van der Waals surface area (Å²) in [6, 6.07) is 15.6. The first-order valence-corrected chi connectivity index (χ1v) is 8.55. The fourth-order valence-corrected chi connectivity index (χ4v) is 3.02. The summed E-state index contributed by atoms with van der Waals surface area (Å²) in [6.07, 6.45) is 0. The lowest BCUT2D eigenvalue weighted by atomic mass is 10.1. The molecular weight excluding hydrogens is 346 g/mol. The second-order valence-corrected chi connectivity index (χ2v) is 6.22. The van der Waals surface area contributed by atoms with Crippen LogP contribution in [0.2, 0.25) is 0 Å². The zero-order valence-electron chi connectivity index (χ0n) is 14.4. The number of hydrogen-bond acceptors (Lipinski definition) is 4. The number of anilines is 1. The van der Waals surface area contributed by atoms with Crippen LogP contribution in [0, 0.1) is 0 Å². The van der Waals surface area contributed by atoms with Crippen molar-refractivity contribution in [3.63, 3.8) is 0 Å². The monoisotopic (exact) mass is 363 g/mol. The Hall–Kier alpha value is -3.61. The van der Waals surface area contributed by atoms with Crippen LogP contribution >= 0.6 is 0 Å². The molecule has 1 aliphatic heterocycles. The maximum atomic E-state index is 12.3. The Labute approximate surface area is 154 Å². The molecular formula is C20H17N3O4. The highest BCUT2D eigenvalue weighted by atomic mass is 16.5. The van der Waals surface area contributed by atoms with E-state index >= 15 is 0 Å². The number of pyridine rings is 1. The standard InChI is InChI=1S/C20H17N3O4/c24-18-15(11-14-3-1-2-4-17(14)22-18)12-27-19(25)13-5-7-16(8-6-13)23-10-9-21-20(23)26/h1-8,11H,9-10,12H2,(H,21,26)(H,22,24). The molecule has 2 heterocycles. The quantitative estimate of drug-likeness (QED) is 0.697.